The van der Waals surface area contributed by atoms with Gasteiger partial charge in [-0.3, -0.25) is 0 Å². The predicted octanol–water partition coefficient (Wildman–Crippen LogP) is 3.04. The van der Waals surface area contributed by atoms with Crippen LogP contribution in [0.2, 0.25) is 0 Å². The molecular formula is C17H25N3O. The van der Waals surface area contributed by atoms with Gasteiger partial charge in [-0.25, -0.2) is 4.68 Å². The largest absolute Gasteiger partial charge is 0.497 e. The van der Waals surface area contributed by atoms with Crippen LogP contribution in [-0.4, -0.2) is 30.0 Å². The molecular weight excluding hydrogens is 262 g/mol. The van der Waals surface area contributed by atoms with Crippen LogP contribution < -0.4 is 10.1 Å². The van der Waals surface area contributed by atoms with Crippen LogP contribution in [0.4, 0.5) is 0 Å². The first kappa shape index (κ1) is 15.6. The summed E-state index contributed by atoms with van der Waals surface area (Å²) in [4.78, 5) is 0. The highest BCUT2D eigenvalue weighted by molar-refractivity contribution is 5.42. The highest BCUT2D eigenvalue weighted by Gasteiger charge is 2.12. The molecule has 0 fully saturated rings. The average Bonchev–Trinajstić information content (AvgIpc) is 2.79. The number of rotatable bonds is 7. The maximum Gasteiger partial charge on any atom is 0.121 e. The Morgan fingerprint density at radius 2 is 2.10 bits per heavy atom. The number of hydrogen-bond donors (Lipinski definition) is 1. The van der Waals surface area contributed by atoms with Crippen molar-refractivity contribution < 1.29 is 4.74 Å². The maximum atomic E-state index is 5.30. The summed E-state index contributed by atoms with van der Waals surface area (Å²) < 4.78 is 7.31. The van der Waals surface area contributed by atoms with Gasteiger partial charge in [0, 0.05) is 11.8 Å². The van der Waals surface area contributed by atoms with Gasteiger partial charge in [0.1, 0.15) is 5.75 Å². The second-order valence-electron chi connectivity index (χ2n) is 5.22. The first-order valence-electron chi connectivity index (χ1n) is 7.57. The molecule has 0 saturated carbocycles. The second kappa shape index (κ2) is 7.27. The van der Waals surface area contributed by atoms with E-state index in [0.29, 0.717) is 0 Å². The smallest absolute Gasteiger partial charge is 0.121 e. The average molecular weight is 287 g/mol. The van der Waals surface area contributed by atoms with Gasteiger partial charge in [0.2, 0.25) is 0 Å². The van der Waals surface area contributed by atoms with Crippen LogP contribution in [0.1, 0.15) is 30.3 Å². The van der Waals surface area contributed by atoms with Gasteiger partial charge in [0.25, 0.3) is 0 Å². The van der Waals surface area contributed by atoms with Crippen molar-refractivity contribution in [2.75, 3.05) is 20.2 Å². The van der Waals surface area contributed by atoms with Crippen molar-refractivity contribution in [1.82, 2.24) is 15.1 Å². The van der Waals surface area contributed by atoms with E-state index >= 15 is 0 Å². The van der Waals surface area contributed by atoms with Gasteiger partial charge in [-0.2, -0.15) is 5.10 Å². The molecule has 2 rings (SSSR count). The van der Waals surface area contributed by atoms with Gasteiger partial charge in [-0.15, -0.1) is 0 Å². The van der Waals surface area contributed by atoms with Crippen molar-refractivity contribution in [3.63, 3.8) is 0 Å². The lowest BCUT2D eigenvalue weighted by molar-refractivity contribution is 0.414. The lowest BCUT2D eigenvalue weighted by Crippen LogP contribution is -2.14. The summed E-state index contributed by atoms with van der Waals surface area (Å²) in [6.45, 7) is 8.45. The van der Waals surface area contributed by atoms with E-state index in [1.165, 1.54) is 11.3 Å². The normalized spacial score (nSPS) is 10.9. The summed E-state index contributed by atoms with van der Waals surface area (Å²) in [7, 11) is 1.69. The van der Waals surface area contributed by atoms with Crippen LogP contribution in [0.25, 0.3) is 5.69 Å². The van der Waals surface area contributed by atoms with Gasteiger partial charge in [-0.05, 0) is 57.5 Å². The summed E-state index contributed by atoms with van der Waals surface area (Å²) in [5.41, 5.74) is 4.74. The fourth-order valence-electron chi connectivity index (χ4n) is 2.60. The van der Waals surface area contributed by atoms with Crippen LogP contribution in [0, 0.1) is 13.8 Å². The lowest BCUT2D eigenvalue weighted by atomic mass is 10.1. The molecule has 1 aromatic heterocycles. The van der Waals surface area contributed by atoms with Crippen LogP contribution in [0.5, 0.6) is 5.75 Å². The molecule has 0 aliphatic carbocycles. The number of ether oxygens (including phenoxy) is 1. The summed E-state index contributed by atoms with van der Waals surface area (Å²) in [6.07, 6.45) is 2.20. The third kappa shape index (κ3) is 3.64. The highest BCUT2D eigenvalue weighted by atomic mass is 16.5. The molecule has 0 radical (unpaired) electrons. The third-order valence-electron chi connectivity index (χ3n) is 3.77. The van der Waals surface area contributed by atoms with Gasteiger partial charge in [-0.1, -0.05) is 13.0 Å². The molecule has 114 valence electrons. The van der Waals surface area contributed by atoms with E-state index < -0.39 is 0 Å². The maximum absolute atomic E-state index is 5.30. The minimum Gasteiger partial charge on any atom is -0.497 e. The molecule has 1 aromatic carbocycles. The fourth-order valence-corrected chi connectivity index (χ4v) is 2.60. The Balaban J connectivity index is 2.21. The lowest BCUT2D eigenvalue weighted by Gasteiger charge is -2.07. The van der Waals surface area contributed by atoms with E-state index in [1.54, 1.807) is 7.11 Å². The molecule has 0 atom stereocenters. The Morgan fingerprint density at radius 1 is 1.29 bits per heavy atom. The van der Waals surface area contributed by atoms with Crippen molar-refractivity contribution in [3.05, 3.63) is 41.2 Å². The number of nitrogens with one attached hydrogen (secondary N) is 1. The van der Waals surface area contributed by atoms with E-state index in [9.17, 15) is 0 Å². The first-order valence-corrected chi connectivity index (χ1v) is 7.57. The topological polar surface area (TPSA) is 39.1 Å². The predicted molar refractivity (Wildman–Crippen MR) is 86.5 cm³/mol. The fraction of sp³-hybridized carbons (Fsp3) is 0.471. The first-order chi connectivity index (χ1) is 10.2. The molecule has 0 spiro atoms. The van der Waals surface area contributed by atoms with E-state index in [2.05, 4.69) is 32.2 Å². The van der Waals surface area contributed by atoms with Crippen molar-refractivity contribution in [3.8, 4) is 11.4 Å². The van der Waals surface area contributed by atoms with Gasteiger partial charge in [0.15, 0.2) is 0 Å². The number of methoxy groups -OCH3 is 1. The molecule has 21 heavy (non-hydrogen) atoms. The van der Waals surface area contributed by atoms with Crippen molar-refractivity contribution >= 4 is 0 Å². The number of aromatic nitrogens is 2. The number of aryl methyl sites for hydroxylation is 1. The Labute approximate surface area is 127 Å². The van der Waals surface area contributed by atoms with Crippen molar-refractivity contribution in [2.45, 2.75) is 33.6 Å². The standard InChI is InChI=1S/C17H25N3O/c1-5-18-11-7-10-17-13(2)19-20(14(17)3)15-8-6-9-16(12-15)21-4/h6,8-9,12,18H,5,7,10-11H2,1-4H3. The van der Waals surface area contributed by atoms with Gasteiger partial charge >= 0.3 is 0 Å². The Kier molecular flexibility index (Phi) is 5.39. The zero-order chi connectivity index (χ0) is 15.2. The second-order valence-corrected chi connectivity index (χ2v) is 5.22. The summed E-state index contributed by atoms with van der Waals surface area (Å²) in [5, 5.41) is 8.06. The quantitative estimate of drug-likeness (QED) is 0.796. The molecule has 0 aliphatic rings. The number of hydrogen-bond acceptors (Lipinski definition) is 3. The molecule has 1 N–H and O–H groups in total. The third-order valence-corrected chi connectivity index (χ3v) is 3.77. The van der Waals surface area contributed by atoms with E-state index in [4.69, 9.17) is 9.84 Å². The Bertz CT molecular complexity index is 590. The summed E-state index contributed by atoms with van der Waals surface area (Å²) >= 11 is 0. The van der Waals surface area contributed by atoms with Crippen molar-refractivity contribution in [1.29, 1.82) is 0 Å². The zero-order valence-electron chi connectivity index (χ0n) is 13.4. The number of benzene rings is 1. The van der Waals surface area contributed by atoms with E-state index in [1.807, 2.05) is 22.9 Å². The van der Waals surface area contributed by atoms with Crippen LogP contribution in [0.3, 0.4) is 0 Å². The van der Waals surface area contributed by atoms with E-state index in [-0.39, 0.29) is 0 Å². The highest BCUT2D eigenvalue weighted by Crippen LogP contribution is 2.22. The molecule has 4 heteroatoms. The van der Waals surface area contributed by atoms with Gasteiger partial charge < -0.3 is 10.1 Å². The molecule has 0 amide bonds. The molecule has 4 nitrogen and oxygen atoms in total. The molecule has 0 saturated heterocycles. The molecule has 2 aromatic rings. The summed E-state index contributed by atoms with van der Waals surface area (Å²) in [6, 6.07) is 8.02. The number of nitrogens with zero attached hydrogens (tertiary/aromatic N) is 2. The van der Waals surface area contributed by atoms with Crippen LogP contribution >= 0.6 is 0 Å². The summed E-state index contributed by atoms with van der Waals surface area (Å²) in [5.74, 6) is 0.855. The Morgan fingerprint density at radius 3 is 2.81 bits per heavy atom. The van der Waals surface area contributed by atoms with E-state index in [0.717, 1.165) is 43.1 Å². The van der Waals surface area contributed by atoms with Crippen LogP contribution in [-0.2, 0) is 6.42 Å². The minimum atomic E-state index is 0.855. The van der Waals surface area contributed by atoms with Gasteiger partial charge in [0.05, 0.1) is 18.5 Å². The minimum absolute atomic E-state index is 0.855. The monoisotopic (exact) mass is 287 g/mol. The van der Waals surface area contributed by atoms with Crippen molar-refractivity contribution in [2.24, 2.45) is 0 Å². The zero-order valence-corrected chi connectivity index (χ0v) is 13.4. The molecule has 1 heterocycles. The molecule has 0 unspecified atom stereocenters. The molecule has 0 bridgehead atoms. The van der Waals surface area contributed by atoms with Crippen LogP contribution in [0.15, 0.2) is 24.3 Å². The molecule has 0 aliphatic heterocycles. The SMILES string of the molecule is CCNCCCc1c(C)nn(-c2cccc(OC)c2)c1C. The Hall–Kier alpha value is -1.81.